The van der Waals surface area contributed by atoms with Gasteiger partial charge in [-0.3, -0.25) is 0 Å². The summed E-state index contributed by atoms with van der Waals surface area (Å²) in [6.45, 7) is 7.86. The van der Waals surface area contributed by atoms with Crippen LogP contribution in [0.5, 0.6) is 0 Å². The summed E-state index contributed by atoms with van der Waals surface area (Å²) in [4.78, 5) is 11.5. The standard InChI is InChI=1S/C15H26N4O/c1-4-12-6-8-19(9-7-12)15-10-13(16-5-2)17-14(18-15)11-20-3/h10,12H,4-9,11H2,1-3H3,(H,16,17,18). The number of nitrogens with zero attached hydrogens (tertiary/aromatic N) is 3. The second kappa shape index (κ2) is 7.43. The molecule has 1 saturated heterocycles. The highest BCUT2D eigenvalue weighted by molar-refractivity contribution is 5.49. The van der Waals surface area contributed by atoms with Crippen LogP contribution in [0.1, 0.15) is 38.9 Å². The molecule has 2 rings (SSSR count). The van der Waals surface area contributed by atoms with E-state index in [0.717, 1.165) is 43.0 Å². The maximum absolute atomic E-state index is 5.17. The van der Waals surface area contributed by atoms with Gasteiger partial charge in [-0.15, -0.1) is 0 Å². The Labute approximate surface area is 121 Å². The molecule has 0 unspecified atom stereocenters. The zero-order valence-corrected chi connectivity index (χ0v) is 12.9. The van der Waals surface area contributed by atoms with Crippen LogP contribution in [0.2, 0.25) is 0 Å². The molecule has 0 amide bonds. The predicted molar refractivity (Wildman–Crippen MR) is 82.1 cm³/mol. The molecule has 0 radical (unpaired) electrons. The van der Waals surface area contributed by atoms with Crippen LogP contribution in [0.15, 0.2) is 6.07 Å². The number of nitrogens with one attached hydrogen (secondary N) is 1. The summed E-state index contributed by atoms with van der Waals surface area (Å²) in [5, 5.41) is 3.27. The molecule has 1 aliphatic heterocycles. The average Bonchev–Trinajstić information content (AvgIpc) is 2.48. The second-order valence-electron chi connectivity index (χ2n) is 5.33. The molecule has 112 valence electrons. The van der Waals surface area contributed by atoms with Crippen molar-refractivity contribution in [3.63, 3.8) is 0 Å². The van der Waals surface area contributed by atoms with Gasteiger partial charge in [-0.1, -0.05) is 13.3 Å². The molecule has 5 nitrogen and oxygen atoms in total. The molecule has 5 heteroatoms. The number of hydrogen-bond acceptors (Lipinski definition) is 5. The number of rotatable bonds is 6. The van der Waals surface area contributed by atoms with E-state index in [-0.39, 0.29) is 0 Å². The molecule has 1 N–H and O–H groups in total. The van der Waals surface area contributed by atoms with Crippen molar-refractivity contribution < 1.29 is 4.74 Å². The minimum atomic E-state index is 0.456. The molecular weight excluding hydrogens is 252 g/mol. The molecule has 0 spiro atoms. The maximum atomic E-state index is 5.17. The zero-order valence-electron chi connectivity index (χ0n) is 12.9. The number of anilines is 2. The fraction of sp³-hybridized carbons (Fsp3) is 0.733. The van der Waals surface area contributed by atoms with Gasteiger partial charge in [0.15, 0.2) is 5.82 Å². The van der Waals surface area contributed by atoms with Crippen molar-refractivity contribution >= 4 is 11.6 Å². The lowest BCUT2D eigenvalue weighted by Crippen LogP contribution is -2.34. The molecule has 0 aliphatic carbocycles. The number of hydrogen-bond donors (Lipinski definition) is 1. The lowest BCUT2D eigenvalue weighted by atomic mass is 9.94. The van der Waals surface area contributed by atoms with Crippen molar-refractivity contribution in [3.8, 4) is 0 Å². The fourth-order valence-corrected chi connectivity index (χ4v) is 2.68. The smallest absolute Gasteiger partial charge is 0.158 e. The van der Waals surface area contributed by atoms with Gasteiger partial charge >= 0.3 is 0 Å². The van der Waals surface area contributed by atoms with Gasteiger partial charge < -0.3 is 15.0 Å². The quantitative estimate of drug-likeness (QED) is 0.867. The Kier molecular flexibility index (Phi) is 5.59. The summed E-state index contributed by atoms with van der Waals surface area (Å²) in [6, 6.07) is 2.05. The highest BCUT2D eigenvalue weighted by Crippen LogP contribution is 2.25. The first-order chi connectivity index (χ1) is 9.76. The highest BCUT2D eigenvalue weighted by Gasteiger charge is 2.19. The van der Waals surface area contributed by atoms with Crippen molar-refractivity contribution in [2.24, 2.45) is 5.92 Å². The fourth-order valence-electron chi connectivity index (χ4n) is 2.68. The van der Waals surface area contributed by atoms with E-state index in [1.807, 2.05) is 0 Å². The molecule has 0 aromatic carbocycles. The van der Waals surface area contributed by atoms with Gasteiger partial charge in [-0.2, -0.15) is 0 Å². The molecule has 20 heavy (non-hydrogen) atoms. The summed E-state index contributed by atoms with van der Waals surface area (Å²) in [5.41, 5.74) is 0. The first-order valence-electron chi connectivity index (χ1n) is 7.62. The Bertz CT molecular complexity index is 392. The second-order valence-corrected chi connectivity index (χ2v) is 5.33. The maximum Gasteiger partial charge on any atom is 0.158 e. The number of aromatic nitrogens is 2. The molecule has 0 saturated carbocycles. The molecule has 0 bridgehead atoms. The Balaban J connectivity index is 2.13. The van der Waals surface area contributed by atoms with Crippen LogP contribution in [-0.2, 0) is 11.3 Å². The van der Waals surface area contributed by atoms with Gasteiger partial charge in [0.1, 0.15) is 18.2 Å². The molecule has 1 fully saturated rings. The van der Waals surface area contributed by atoms with Gasteiger partial charge in [0, 0.05) is 32.8 Å². The number of piperidine rings is 1. The van der Waals surface area contributed by atoms with E-state index in [4.69, 9.17) is 4.74 Å². The van der Waals surface area contributed by atoms with Crippen molar-refractivity contribution in [1.29, 1.82) is 0 Å². The average molecular weight is 278 g/mol. The summed E-state index contributed by atoms with van der Waals surface area (Å²) < 4.78 is 5.17. The Morgan fingerprint density at radius 2 is 2.05 bits per heavy atom. The van der Waals surface area contributed by atoms with Gasteiger partial charge in [-0.25, -0.2) is 9.97 Å². The lowest BCUT2D eigenvalue weighted by Gasteiger charge is -2.32. The molecule has 1 aliphatic rings. The summed E-state index contributed by atoms with van der Waals surface area (Å²) in [5.74, 6) is 3.54. The number of methoxy groups -OCH3 is 1. The molecule has 1 aromatic rings. The van der Waals surface area contributed by atoms with Gasteiger partial charge in [-0.05, 0) is 25.7 Å². The summed E-state index contributed by atoms with van der Waals surface area (Å²) in [6.07, 6.45) is 3.81. The Hall–Kier alpha value is -1.36. The van der Waals surface area contributed by atoms with E-state index < -0.39 is 0 Å². The van der Waals surface area contributed by atoms with Gasteiger partial charge in [0.25, 0.3) is 0 Å². The lowest BCUT2D eigenvalue weighted by molar-refractivity contribution is 0.178. The summed E-state index contributed by atoms with van der Waals surface area (Å²) >= 11 is 0. The van der Waals surface area contributed by atoms with E-state index in [9.17, 15) is 0 Å². The first-order valence-corrected chi connectivity index (χ1v) is 7.62. The van der Waals surface area contributed by atoms with Crippen LogP contribution in [0.3, 0.4) is 0 Å². The van der Waals surface area contributed by atoms with Crippen LogP contribution < -0.4 is 10.2 Å². The van der Waals surface area contributed by atoms with Crippen molar-refractivity contribution in [3.05, 3.63) is 11.9 Å². The molecule has 0 atom stereocenters. The molecular formula is C15H26N4O. The Morgan fingerprint density at radius 3 is 2.65 bits per heavy atom. The van der Waals surface area contributed by atoms with Crippen LogP contribution in [0, 0.1) is 5.92 Å². The highest BCUT2D eigenvalue weighted by atomic mass is 16.5. The van der Waals surface area contributed by atoms with E-state index in [1.165, 1.54) is 19.3 Å². The van der Waals surface area contributed by atoms with Crippen molar-refractivity contribution in [2.75, 3.05) is 37.0 Å². The van der Waals surface area contributed by atoms with Gasteiger partial charge in [0.05, 0.1) is 0 Å². The van der Waals surface area contributed by atoms with Crippen LogP contribution in [-0.4, -0.2) is 36.7 Å². The molecule has 1 aromatic heterocycles. The minimum Gasteiger partial charge on any atom is -0.377 e. The SMILES string of the molecule is CCNc1cc(N2CCC(CC)CC2)nc(COC)n1. The van der Waals surface area contributed by atoms with Crippen LogP contribution in [0.4, 0.5) is 11.6 Å². The largest absolute Gasteiger partial charge is 0.377 e. The van der Waals surface area contributed by atoms with E-state index in [2.05, 4.69) is 40.1 Å². The third-order valence-electron chi connectivity index (χ3n) is 3.91. The van der Waals surface area contributed by atoms with Crippen molar-refractivity contribution in [1.82, 2.24) is 9.97 Å². The van der Waals surface area contributed by atoms with E-state index in [0.29, 0.717) is 6.61 Å². The number of ether oxygens (including phenoxy) is 1. The zero-order chi connectivity index (χ0) is 14.4. The van der Waals surface area contributed by atoms with Gasteiger partial charge in [0.2, 0.25) is 0 Å². The predicted octanol–water partition coefficient (Wildman–Crippen LogP) is 2.68. The van der Waals surface area contributed by atoms with Crippen LogP contribution in [0.25, 0.3) is 0 Å². The van der Waals surface area contributed by atoms with Crippen LogP contribution >= 0.6 is 0 Å². The first kappa shape index (κ1) is 15.0. The summed E-state index contributed by atoms with van der Waals surface area (Å²) in [7, 11) is 1.68. The third kappa shape index (κ3) is 3.82. The molecule has 2 heterocycles. The topological polar surface area (TPSA) is 50.3 Å². The monoisotopic (exact) mass is 278 g/mol. The minimum absolute atomic E-state index is 0.456. The van der Waals surface area contributed by atoms with E-state index in [1.54, 1.807) is 7.11 Å². The van der Waals surface area contributed by atoms with E-state index >= 15 is 0 Å². The van der Waals surface area contributed by atoms with Crippen molar-refractivity contribution in [2.45, 2.75) is 39.7 Å². The Morgan fingerprint density at radius 1 is 1.30 bits per heavy atom. The third-order valence-corrected chi connectivity index (χ3v) is 3.91. The normalized spacial score (nSPS) is 16.4.